The Morgan fingerprint density at radius 2 is 2.04 bits per heavy atom. The van der Waals surface area contributed by atoms with Gasteiger partial charge in [0.1, 0.15) is 0 Å². The molecule has 1 amide bonds. The maximum Gasteiger partial charge on any atom is 0.251 e. The zero-order valence-electron chi connectivity index (χ0n) is 14.3. The summed E-state index contributed by atoms with van der Waals surface area (Å²) in [7, 11) is 1.56. The maximum atomic E-state index is 12.2. The molecule has 23 heavy (non-hydrogen) atoms. The lowest BCUT2D eigenvalue weighted by Gasteiger charge is -2.14. The molecule has 0 aliphatic carbocycles. The van der Waals surface area contributed by atoms with E-state index in [1.807, 2.05) is 6.92 Å². The van der Waals surface area contributed by atoms with E-state index in [0.717, 1.165) is 6.42 Å². The Morgan fingerprint density at radius 1 is 1.30 bits per heavy atom. The molecule has 0 aliphatic heterocycles. The van der Waals surface area contributed by atoms with Gasteiger partial charge in [-0.2, -0.15) is 0 Å². The molecule has 6 heteroatoms. The van der Waals surface area contributed by atoms with E-state index < -0.39 is 0 Å². The summed E-state index contributed by atoms with van der Waals surface area (Å²) in [6.07, 6.45) is 0.897. The molecule has 0 unspecified atom stereocenters. The molecular formula is C17H26BrNO4. The molecule has 1 aromatic carbocycles. The van der Waals surface area contributed by atoms with E-state index in [2.05, 4.69) is 35.1 Å². The van der Waals surface area contributed by atoms with Crippen molar-refractivity contribution in [2.24, 2.45) is 5.92 Å². The maximum absolute atomic E-state index is 12.2. The fraction of sp³-hybridized carbons (Fsp3) is 0.588. The number of halogens is 1. The summed E-state index contributed by atoms with van der Waals surface area (Å²) >= 11 is 3.44. The number of benzene rings is 1. The highest BCUT2D eigenvalue weighted by Crippen LogP contribution is 2.36. The van der Waals surface area contributed by atoms with E-state index in [1.165, 1.54) is 0 Å². The summed E-state index contributed by atoms with van der Waals surface area (Å²) in [4.78, 5) is 12.2. The highest BCUT2D eigenvalue weighted by molar-refractivity contribution is 9.10. The molecule has 1 N–H and O–H groups in total. The van der Waals surface area contributed by atoms with Crippen molar-refractivity contribution in [3.8, 4) is 11.5 Å². The van der Waals surface area contributed by atoms with Crippen LogP contribution in [0.5, 0.6) is 11.5 Å². The summed E-state index contributed by atoms with van der Waals surface area (Å²) in [6.45, 7) is 8.46. The second-order valence-electron chi connectivity index (χ2n) is 5.56. The molecule has 0 fully saturated rings. The summed E-state index contributed by atoms with van der Waals surface area (Å²) < 4.78 is 17.1. The van der Waals surface area contributed by atoms with Gasteiger partial charge in [-0.15, -0.1) is 0 Å². The van der Waals surface area contributed by atoms with Gasteiger partial charge in [-0.25, -0.2) is 0 Å². The number of methoxy groups -OCH3 is 1. The average Bonchev–Trinajstić information content (AvgIpc) is 2.52. The van der Waals surface area contributed by atoms with Gasteiger partial charge < -0.3 is 19.5 Å². The van der Waals surface area contributed by atoms with Crippen LogP contribution in [-0.4, -0.2) is 39.4 Å². The van der Waals surface area contributed by atoms with E-state index in [0.29, 0.717) is 53.8 Å². The highest BCUT2D eigenvalue weighted by atomic mass is 79.9. The third-order valence-corrected chi connectivity index (χ3v) is 3.51. The minimum atomic E-state index is -0.167. The lowest BCUT2D eigenvalue weighted by molar-refractivity contribution is 0.0886. The smallest absolute Gasteiger partial charge is 0.251 e. The van der Waals surface area contributed by atoms with Gasteiger partial charge in [-0.1, -0.05) is 20.8 Å². The largest absolute Gasteiger partial charge is 0.493 e. The van der Waals surface area contributed by atoms with Crippen molar-refractivity contribution in [3.63, 3.8) is 0 Å². The predicted octanol–water partition coefficient (Wildman–Crippen LogP) is 3.65. The molecule has 0 heterocycles. The quantitative estimate of drug-likeness (QED) is 0.622. The number of rotatable bonds is 10. The zero-order chi connectivity index (χ0) is 17.2. The minimum absolute atomic E-state index is 0.167. The van der Waals surface area contributed by atoms with Crippen LogP contribution in [0.4, 0.5) is 0 Å². The SMILES string of the molecule is CCCOc1c(Br)cc(C(=O)NCCOCC(C)C)cc1OC. The Labute approximate surface area is 146 Å². The summed E-state index contributed by atoms with van der Waals surface area (Å²) in [5, 5.41) is 2.83. The lowest BCUT2D eigenvalue weighted by Crippen LogP contribution is -2.27. The second kappa shape index (κ2) is 10.5. The van der Waals surface area contributed by atoms with Gasteiger partial charge in [0.2, 0.25) is 0 Å². The molecule has 5 nitrogen and oxygen atoms in total. The van der Waals surface area contributed by atoms with Gasteiger partial charge in [0, 0.05) is 18.7 Å². The van der Waals surface area contributed by atoms with Gasteiger partial charge in [0.05, 0.1) is 24.8 Å². The fourth-order valence-electron chi connectivity index (χ4n) is 1.85. The van der Waals surface area contributed by atoms with Gasteiger partial charge in [0.15, 0.2) is 11.5 Å². The Morgan fingerprint density at radius 3 is 2.65 bits per heavy atom. The van der Waals surface area contributed by atoms with E-state index >= 15 is 0 Å². The number of carbonyl (C=O) groups is 1. The minimum Gasteiger partial charge on any atom is -0.493 e. The molecule has 0 aliphatic rings. The Balaban J connectivity index is 2.65. The van der Waals surface area contributed by atoms with Gasteiger partial charge in [-0.3, -0.25) is 4.79 Å². The van der Waals surface area contributed by atoms with Crippen molar-refractivity contribution < 1.29 is 19.0 Å². The molecule has 130 valence electrons. The molecule has 0 saturated carbocycles. The summed E-state index contributed by atoms with van der Waals surface area (Å²) in [6, 6.07) is 3.41. The molecule has 0 spiro atoms. The lowest BCUT2D eigenvalue weighted by atomic mass is 10.2. The van der Waals surface area contributed by atoms with Crippen LogP contribution in [0.15, 0.2) is 16.6 Å². The standard InChI is InChI=1S/C17H26BrNO4/c1-5-7-23-16-14(18)9-13(10-15(16)21-4)17(20)19-6-8-22-11-12(2)3/h9-10,12H,5-8,11H2,1-4H3,(H,19,20). The van der Waals surface area contributed by atoms with Crippen LogP contribution >= 0.6 is 15.9 Å². The fourth-order valence-corrected chi connectivity index (χ4v) is 2.41. The van der Waals surface area contributed by atoms with Crippen molar-refractivity contribution in [2.75, 3.05) is 33.5 Å². The number of nitrogens with one attached hydrogen (secondary N) is 1. The molecule has 0 aromatic heterocycles. The molecule has 1 rings (SSSR count). The molecular weight excluding hydrogens is 362 g/mol. The van der Waals surface area contributed by atoms with Crippen LogP contribution in [0, 0.1) is 5.92 Å². The second-order valence-corrected chi connectivity index (χ2v) is 6.42. The van der Waals surface area contributed by atoms with Crippen molar-refractivity contribution in [1.29, 1.82) is 0 Å². The van der Waals surface area contributed by atoms with E-state index in [4.69, 9.17) is 14.2 Å². The van der Waals surface area contributed by atoms with Crippen molar-refractivity contribution in [1.82, 2.24) is 5.32 Å². The Bertz CT molecular complexity index is 506. The first-order chi connectivity index (χ1) is 11.0. The molecule has 0 saturated heterocycles. The first kappa shape index (κ1) is 19.8. The van der Waals surface area contributed by atoms with E-state index in [-0.39, 0.29) is 5.91 Å². The van der Waals surface area contributed by atoms with Crippen LogP contribution in [-0.2, 0) is 4.74 Å². The van der Waals surface area contributed by atoms with Crippen LogP contribution < -0.4 is 14.8 Å². The Kier molecular flexibility index (Phi) is 9.02. The highest BCUT2D eigenvalue weighted by Gasteiger charge is 2.15. The average molecular weight is 388 g/mol. The number of amides is 1. The van der Waals surface area contributed by atoms with Crippen LogP contribution in [0.25, 0.3) is 0 Å². The van der Waals surface area contributed by atoms with E-state index in [9.17, 15) is 4.79 Å². The predicted molar refractivity (Wildman–Crippen MR) is 94.5 cm³/mol. The number of carbonyl (C=O) groups excluding carboxylic acids is 1. The van der Waals surface area contributed by atoms with Crippen LogP contribution in [0.3, 0.4) is 0 Å². The van der Waals surface area contributed by atoms with Gasteiger partial charge >= 0.3 is 0 Å². The van der Waals surface area contributed by atoms with E-state index in [1.54, 1.807) is 19.2 Å². The third kappa shape index (κ3) is 6.79. The first-order valence-electron chi connectivity index (χ1n) is 7.85. The number of ether oxygens (including phenoxy) is 3. The Hall–Kier alpha value is -1.27. The van der Waals surface area contributed by atoms with Crippen LogP contribution in [0.1, 0.15) is 37.6 Å². The molecule has 0 radical (unpaired) electrons. The molecule has 0 bridgehead atoms. The molecule has 1 aromatic rings. The number of hydrogen-bond donors (Lipinski definition) is 1. The molecule has 0 atom stereocenters. The van der Waals surface area contributed by atoms with Crippen molar-refractivity contribution >= 4 is 21.8 Å². The third-order valence-electron chi connectivity index (χ3n) is 2.93. The number of hydrogen-bond acceptors (Lipinski definition) is 4. The summed E-state index contributed by atoms with van der Waals surface area (Å²) in [5.41, 5.74) is 0.515. The first-order valence-corrected chi connectivity index (χ1v) is 8.65. The van der Waals surface area contributed by atoms with Crippen molar-refractivity contribution in [2.45, 2.75) is 27.2 Å². The van der Waals surface area contributed by atoms with Gasteiger partial charge in [0.25, 0.3) is 5.91 Å². The summed E-state index contributed by atoms with van der Waals surface area (Å²) in [5.74, 6) is 1.47. The van der Waals surface area contributed by atoms with Crippen LogP contribution in [0.2, 0.25) is 0 Å². The monoisotopic (exact) mass is 387 g/mol. The topological polar surface area (TPSA) is 56.8 Å². The van der Waals surface area contributed by atoms with Crippen molar-refractivity contribution in [3.05, 3.63) is 22.2 Å². The van der Waals surface area contributed by atoms with Gasteiger partial charge in [-0.05, 0) is 40.4 Å². The normalized spacial score (nSPS) is 10.7. The zero-order valence-corrected chi connectivity index (χ0v) is 15.9.